The lowest BCUT2D eigenvalue weighted by Crippen LogP contribution is -2.33. The molecule has 0 fully saturated rings. The summed E-state index contributed by atoms with van der Waals surface area (Å²) in [6.07, 6.45) is 0. The van der Waals surface area contributed by atoms with Crippen molar-refractivity contribution >= 4 is 0 Å². The van der Waals surface area contributed by atoms with Crippen LogP contribution in [0.1, 0.15) is 33.3 Å². The van der Waals surface area contributed by atoms with Crippen LogP contribution in [0, 0.1) is 0 Å². The first-order chi connectivity index (χ1) is 8.93. The molecule has 1 aromatic carbocycles. The van der Waals surface area contributed by atoms with Gasteiger partial charge in [-0.05, 0) is 30.0 Å². The molecule has 0 heterocycles. The summed E-state index contributed by atoms with van der Waals surface area (Å²) in [5.74, 6) is 0.939. The lowest BCUT2D eigenvalue weighted by Gasteiger charge is -2.20. The number of methoxy groups -OCH3 is 1. The topological polar surface area (TPSA) is 30.5 Å². The monoisotopic (exact) mass is 265 g/mol. The molecule has 0 aliphatic heterocycles. The highest BCUT2D eigenvalue weighted by Crippen LogP contribution is 2.25. The largest absolute Gasteiger partial charge is 0.492 e. The number of hydrogen-bond acceptors (Lipinski definition) is 3. The fourth-order valence-electron chi connectivity index (χ4n) is 1.84. The first-order valence-corrected chi connectivity index (χ1v) is 6.89. The molecule has 1 aromatic rings. The average molecular weight is 265 g/mol. The molecule has 0 aliphatic rings. The van der Waals surface area contributed by atoms with E-state index in [1.807, 2.05) is 6.07 Å². The summed E-state index contributed by atoms with van der Waals surface area (Å²) in [7, 11) is 1.71. The molecule has 19 heavy (non-hydrogen) atoms. The molecule has 1 atom stereocenters. The van der Waals surface area contributed by atoms with Crippen molar-refractivity contribution in [1.82, 2.24) is 5.32 Å². The van der Waals surface area contributed by atoms with Gasteiger partial charge in [-0.1, -0.05) is 32.9 Å². The molecule has 108 valence electrons. The standard InChI is InChI=1S/C16H27NO2/c1-13(12-18-5)17-9-10-19-15-8-6-7-14(11-15)16(2,3)4/h6-8,11,13,17H,9-10,12H2,1-5H3. The minimum Gasteiger partial charge on any atom is -0.492 e. The van der Waals surface area contributed by atoms with E-state index in [9.17, 15) is 0 Å². The maximum atomic E-state index is 5.77. The third-order valence-electron chi connectivity index (χ3n) is 2.98. The Morgan fingerprint density at radius 2 is 2.00 bits per heavy atom. The van der Waals surface area contributed by atoms with Gasteiger partial charge in [0.15, 0.2) is 0 Å². The SMILES string of the molecule is COCC(C)NCCOc1cccc(C(C)(C)C)c1. The molecular weight excluding hydrogens is 238 g/mol. The third kappa shape index (κ3) is 6.08. The zero-order chi connectivity index (χ0) is 14.3. The molecule has 0 aromatic heterocycles. The number of nitrogens with one attached hydrogen (secondary N) is 1. The first-order valence-electron chi connectivity index (χ1n) is 6.89. The zero-order valence-electron chi connectivity index (χ0n) is 12.8. The molecule has 0 radical (unpaired) electrons. The quantitative estimate of drug-likeness (QED) is 0.769. The van der Waals surface area contributed by atoms with E-state index in [4.69, 9.17) is 9.47 Å². The second-order valence-corrected chi connectivity index (χ2v) is 5.94. The molecule has 3 heteroatoms. The molecule has 1 N–H and O–H groups in total. The Morgan fingerprint density at radius 3 is 2.63 bits per heavy atom. The Hall–Kier alpha value is -1.06. The average Bonchev–Trinajstić information content (AvgIpc) is 2.34. The summed E-state index contributed by atoms with van der Waals surface area (Å²) in [4.78, 5) is 0. The van der Waals surface area contributed by atoms with Crippen molar-refractivity contribution < 1.29 is 9.47 Å². The van der Waals surface area contributed by atoms with E-state index in [-0.39, 0.29) is 5.41 Å². The Morgan fingerprint density at radius 1 is 1.26 bits per heavy atom. The van der Waals surface area contributed by atoms with Crippen molar-refractivity contribution in [2.24, 2.45) is 0 Å². The number of hydrogen-bond donors (Lipinski definition) is 1. The number of benzene rings is 1. The molecule has 1 rings (SSSR count). The summed E-state index contributed by atoms with van der Waals surface area (Å²) in [6, 6.07) is 8.68. The van der Waals surface area contributed by atoms with Gasteiger partial charge in [0.2, 0.25) is 0 Å². The predicted molar refractivity (Wildman–Crippen MR) is 80.0 cm³/mol. The maximum Gasteiger partial charge on any atom is 0.119 e. The van der Waals surface area contributed by atoms with Gasteiger partial charge >= 0.3 is 0 Å². The summed E-state index contributed by atoms with van der Waals surface area (Å²) >= 11 is 0. The fraction of sp³-hybridized carbons (Fsp3) is 0.625. The third-order valence-corrected chi connectivity index (χ3v) is 2.98. The summed E-state index contributed by atoms with van der Waals surface area (Å²) < 4.78 is 10.8. The maximum absolute atomic E-state index is 5.77. The number of ether oxygens (including phenoxy) is 2. The van der Waals surface area contributed by atoms with Gasteiger partial charge in [0.05, 0.1) is 6.61 Å². The van der Waals surface area contributed by atoms with Gasteiger partial charge in [0.25, 0.3) is 0 Å². The molecule has 0 bridgehead atoms. The van der Waals surface area contributed by atoms with Crippen molar-refractivity contribution in [3.8, 4) is 5.75 Å². The highest BCUT2D eigenvalue weighted by atomic mass is 16.5. The van der Waals surface area contributed by atoms with Crippen molar-refractivity contribution in [2.75, 3.05) is 26.9 Å². The highest BCUT2D eigenvalue weighted by Gasteiger charge is 2.13. The van der Waals surface area contributed by atoms with E-state index in [2.05, 4.69) is 51.2 Å². The second-order valence-electron chi connectivity index (χ2n) is 5.94. The van der Waals surface area contributed by atoms with Gasteiger partial charge in [-0.25, -0.2) is 0 Å². The van der Waals surface area contributed by atoms with E-state index < -0.39 is 0 Å². The van der Waals surface area contributed by atoms with Crippen LogP contribution in [0.5, 0.6) is 5.75 Å². The van der Waals surface area contributed by atoms with Gasteiger partial charge in [-0.2, -0.15) is 0 Å². The molecule has 0 amide bonds. The molecule has 0 saturated carbocycles. The van der Waals surface area contributed by atoms with Crippen molar-refractivity contribution in [1.29, 1.82) is 0 Å². The van der Waals surface area contributed by atoms with Crippen LogP contribution in [-0.2, 0) is 10.2 Å². The normalized spacial score (nSPS) is 13.3. The van der Waals surface area contributed by atoms with Crippen LogP contribution in [0.2, 0.25) is 0 Å². The van der Waals surface area contributed by atoms with Crippen LogP contribution < -0.4 is 10.1 Å². The molecule has 0 aliphatic carbocycles. The number of rotatable bonds is 7. The molecule has 1 unspecified atom stereocenters. The summed E-state index contributed by atoms with van der Waals surface area (Å²) in [6.45, 7) is 10.9. The van der Waals surface area contributed by atoms with Crippen molar-refractivity contribution in [2.45, 2.75) is 39.2 Å². The lowest BCUT2D eigenvalue weighted by atomic mass is 9.87. The predicted octanol–water partition coefficient (Wildman–Crippen LogP) is 2.99. The van der Waals surface area contributed by atoms with Crippen LogP contribution in [0.4, 0.5) is 0 Å². The fourth-order valence-corrected chi connectivity index (χ4v) is 1.84. The second kappa shape index (κ2) is 7.51. The van der Waals surface area contributed by atoms with Gasteiger partial charge in [-0.15, -0.1) is 0 Å². The van der Waals surface area contributed by atoms with Crippen LogP contribution in [0.3, 0.4) is 0 Å². The minimum atomic E-state index is 0.157. The van der Waals surface area contributed by atoms with Gasteiger partial charge in [0.1, 0.15) is 12.4 Å². The van der Waals surface area contributed by atoms with Crippen molar-refractivity contribution in [3.05, 3.63) is 29.8 Å². The zero-order valence-corrected chi connectivity index (χ0v) is 12.8. The molecule has 0 spiro atoms. The van der Waals surface area contributed by atoms with E-state index in [0.29, 0.717) is 12.6 Å². The Bertz CT molecular complexity index is 371. The van der Waals surface area contributed by atoms with E-state index >= 15 is 0 Å². The van der Waals surface area contributed by atoms with Crippen LogP contribution in [0.25, 0.3) is 0 Å². The molecular formula is C16H27NO2. The lowest BCUT2D eigenvalue weighted by molar-refractivity contribution is 0.169. The first kappa shape index (κ1) is 16.0. The van der Waals surface area contributed by atoms with Crippen LogP contribution >= 0.6 is 0 Å². The van der Waals surface area contributed by atoms with Crippen LogP contribution in [-0.4, -0.2) is 32.9 Å². The minimum absolute atomic E-state index is 0.157. The van der Waals surface area contributed by atoms with Gasteiger partial charge in [-0.3, -0.25) is 0 Å². The van der Waals surface area contributed by atoms with Gasteiger partial charge in [0, 0.05) is 19.7 Å². The van der Waals surface area contributed by atoms with E-state index in [0.717, 1.165) is 18.9 Å². The molecule has 3 nitrogen and oxygen atoms in total. The van der Waals surface area contributed by atoms with Crippen LogP contribution in [0.15, 0.2) is 24.3 Å². The van der Waals surface area contributed by atoms with E-state index in [1.54, 1.807) is 7.11 Å². The summed E-state index contributed by atoms with van der Waals surface area (Å²) in [5, 5.41) is 3.35. The highest BCUT2D eigenvalue weighted by molar-refractivity contribution is 5.32. The Balaban J connectivity index is 2.38. The smallest absolute Gasteiger partial charge is 0.119 e. The van der Waals surface area contributed by atoms with E-state index in [1.165, 1.54) is 5.56 Å². The van der Waals surface area contributed by atoms with Gasteiger partial charge < -0.3 is 14.8 Å². The van der Waals surface area contributed by atoms with Crippen molar-refractivity contribution in [3.63, 3.8) is 0 Å². The Kier molecular flexibility index (Phi) is 6.32. The Labute approximate surface area is 117 Å². The molecule has 0 saturated heterocycles. The summed E-state index contributed by atoms with van der Waals surface area (Å²) in [5.41, 5.74) is 1.45.